The topological polar surface area (TPSA) is 126 Å². The van der Waals surface area contributed by atoms with Crippen LogP contribution in [0.2, 0.25) is 10.4 Å². The standard InChI is InChI=1S/C10H8N2OS.C5H5BO3S.C4H2Cl2N2/c1-7-11-5-4-9(12-7)10-3-2-8(6-13)14-10;7-3-4-1-2-5(10-4)6(8)9;5-3-1-2-7-4(6)8-3/h2-6H,1H3;1-3,8-9H;1-2H. The van der Waals surface area contributed by atoms with Crippen LogP contribution in [0, 0.1) is 6.92 Å². The monoisotopic (exact) mass is 508 g/mol. The van der Waals surface area contributed by atoms with Crippen molar-refractivity contribution in [1.29, 1.82) is 0 Å². The second-order valence-corrected chi connectivity index (χ2v) is 8.68. The van der Waals surface area contributed by atoms with Crippen LogP contribution >= 0.6 is 45.9 Å². The number of carbonyl (C=O) groups is 2. The number of carbonyl (C=O) groups excluding carboxylic acids is 2. The van der Waals surface area contributed by atoms with E-state index in [4.69, 9.17) is 33.2 Å². The predicted molar refractivity (Wildman–Crippen MR) is 127 cm³/mol. The number of halogens is 2. The van der Waals surface area contributed by atoms with Crippen LogP contribution in [0.5, 0.6) is 0 Å². The summed E-state index contributed by atoms with van der Waals surface area (Å²) in [7, 11) is -1.46. The van der Waals surface area contributed by atoms with Crippen molar-refractivity contribution in [3.8, 4) is 10.6 Å². The second-order valence-electron chi connectivity index (χ2n) is 5.69. The van der Waals surface area contributed by atoms with Gasteiger partial charge in [0, 0.05) is 17.2 Å². The molecule has 0 atom stereocenters. The van der Waals surface area contributed by atoms with E-state index < -0.39 is 7.12 Å². The third-order valence-corrected chi connectivity index (χ3v) is 5.86. The Morgan fingerprint density at radius 2 is 1.53 bits per heavy atom. The van der Waals surface area contributed by atoms with Crippen LogP contribution in [-0.4, -0.2) is 49.7 Å². The van der Waals surface area contributed by atoms with Gasteiger partial charge in [-0.15, -0.1) is 22.7 Å². The van der Waals surface area contributed by atoms with Crippen molar-refractivity contribution < 1.29 is 19.6 Å². The highest BCUT2D eigenvalue weighted by molar-refractivity contribution is 7.23. The summed E-state index contributed by atoms with van der Waals surface area (Å²) in [6, 6.07) is 10.2. The Hall–Kier alpha value is -2.54. The van der Waals surface area contributed by atoms with E-state index in [-0.39, 0.29) is 5.28 Å². The van der Waals surface area contributed by atoms with Gasteiger partial charge in [0.15, 0.2) is 12.6 Å². The molecule has 2 N–H and O–H groups in total. The fraction of sp³-hybridized carbons (Fsp3) is 0.0526. The number of aryl methyl sites for hydroxylation is 1. The predicted octanol–water partition coefficient (Wildman–Crippen LogP) is 3.35. The fourth-order valence-electron chi connectivity index (χ4n) is 2.03. The highest BCUT2D eigenvalue weighted by Gasteiger charge is 2.12. The number of thiophene rings is 2. The normalized spacial score (nSPS) is 9.66. The minimum atomic E-state index is -1.46. The van der Waals surface area contributed by atoms with Gasteiger partial charge >= 0.3 is 7.12 Å². The number of hydrogen-bond acceptors (Lipinski definition) is 10. The van der Waals surface area contributed by atoms with Crippen LogP contribution in [0.15, 0.2) is 48.8 Å². The van der Waals surface area contributed by atoms with E-state index >= 15 is 0 Å². The number of aromatic nitrogens is 4. The molecule has 0 fully saturated rings. The summed E-state index contributed by atoms with van der Waals surface area (Å²) < 4.78 is 0.391. The molecule has 0 aromatic carbocycles. The molecule has 32 heavy (non-hydrogen) atoms. The molecule has 0 bridgehead atoms. The maximum absolute atomic E-state index is 10.5. The smallest absolute Gasteiger partial charge is 0.423 e. The van der Waals surface area contributed by atoms with Crippen LogP contribution in [0.3, 0.4) is 0 Å². The molecule has 164 valence electrons. The zero-order valence-electron chi connectivity index (χ0n) is 16.4. The van der Waals surface area contributed by atoms with Gasteiger partial charge in [-0.2, -0.15) is 0 Å². The first-order valence-electron chi connectivity index (χ1n) is 8.72. The molecule has 8 nitrogen and oxygen atoms in total. The van der Waals surface area contributed by atoms with Gasteiger partial charge in [-0.3, -0.25) is 9.59 Å². The molecule has 0 radical (unpaired) electrons. The molecule has 4 rings (SSSR count). The van der Waals surface area contributed by atoms with E-state index in [1.807, 2.05) is 19.1 Å². The zero-order valence-corrected chi connectivity index (χ0v) is 19.6. The summed E-state index contributed by atoms with van der Waals surface area (Å²) in [5, 5.41) is 17.7. The van der Waals surface area contributed by atoms with Crippen molar-refractivity contribution in [2.45, 2.75) is 6.92 Å². The van der Waals surface area contributed by atoms with Crippen molar-refractivity contribution in [3.63, 3.8) is 0 Å². The van der Waals surface area contributed by atoms with E-state index in [0.717, 1.165) is 38.9 Å². The molecule has 0 aliphatic rings. The van der Waals surface area contributed by atoms with Gasteiger partial charge in [0.2, 0.25) is 5.28 Å². The van der Waals surface area contributed by atoms with Gasteiger partial charge in [-0.1, -0.05) is 17.7 Å². The third kappa shape index (κ3) is 8.54. The Balaban J connectivity index is 0.000000178. The van der Waals surface area contributed by atoms with Gasteiger partial charge in [-0.05, 0) is 48.9 Å². The van der Waals surface area contributed by atoms with Crippen molar-refractivity contribution in [3.05, 3.63) is 74.8 Å². The molecular weight excluding hydrogens is 494 g/mol. The molecule has 0 saturated heterocycles. The van der Waals surface area contributed by atoms with E-state index in [0.29, 0.717) is 21.1 Å². The van der Waals surface area contributed by atoms with E-state index in [1.165, 1.54) is 23.6 Å². The molecule has 4 heterocycles. The largest absolute Gasteiger partial charge is 0.499 e. The van der Waals surface area contributed by atoms with Crippen molar-refractivity contribution in [1.82, 2.24) is 19.9 Å². The molecule has 4 aromatic rings. The summed E-state index contributed by atoms with van der Waals surface area (Å²) in [5.41, 5.74) is 0.871. The van der Waals surface area contributed by atoms with Crippen LogP contribution < -0.4 is 4.78 Å². The molecular formula is C19H15BCl2N4O4S2. The summed E-state index contributed by atoms with van der Waals surface area (Å²) in [6.07, 6.45) is 4.74. The van der Waals surface area contributed by atoms with Crippen molar-refractivity contribution in [2.24, 2.45) is 0 Å². The first-order valence-corrected chi connectivity index (χ1v) is 11.1. The van der Waals surface area contributed by atoms with Gasteiger partial charge in [0.1, 0.15) is 11.0 Å². The fourth-order valence-corrected chi connectivity index (χ4v) is 3.85. The van der Waals surface area contributed by atoms with Crippen molar-refractivity contribution >= 4 is 70.3 Å². The average molecular weight is 509 g/mol. The first-order chi connectivity index (χ1) is 15.3. The van der Waals surface area contributed by atoms with Gasteiger partial charge in [-0.25, -0.2) is 19.9 Å². The summed E-state index contributed by atoms with van der Waals surface area (Å²) in [4.78, 5) is 38.3. The number of nitrogens with zero attached hydrogens (tertiary/aromatic N) is 4. The molecule has 13 heteroatoms. The van der Waals surface area contributed by atoms with Crippen LogP contribution in [-0.2, 0) is 0 Å². The zero-order chi connectivity index (χ0) is 23.5. The maximum atomic E-state index is 10.5. The SMILES string of the molecule is Cc1nccc(-c2ccc(C=O)s2)n1.Clc1ccnc(Cl)n1.O=Cc1ccc(B(O)O)s1. The first kappa shape index (κ1) is 25.7. The Morgan fingerprint density at radius 1 is 0.875 bits per heavy atom. The molecule has 4 aromatic heterocycles. The van der Waals surface area contributed by atoms with Crippen LogP contribution in [0.1, 0.15) is 25.2 Å². The lowest BCUT2D eigenvalue weighted by atomic mass is 9.90. The summed E-state index contributed by atoms with van der Waals surface area (Å²) >= 11 is 13.3. The quantitative estimate of drug-likeness (QED) is 0.186. The van der Waals surface area contributed by atoms with Gasteiger partial charge < -0.3 is 10.0 Å². The summed E-state index contributed by atoms with van der Waals surface area (Å²) in [6.45, 7) is 1.84. The van der Waals surface area contributed by atoms with E-state index in [9.17, 15) is 9.59 Å². The van der Waals surface area contributed by atoms with Crippen molar-refractivity contribution in [2.75, 3.05) is 0 Å². The molecule has 0 saturated carbocycles. The minimum Gasteiger partial charge on any atom is -0.423 e. The third-order valence-electron chi connectivity index (χ3n) is 3.38. The molecule has 0 aliphatic heterocycles. The van der Waals surface area contributed by atoms with Crippen LogP contribution in [0.25, 0.3) is 10.6 Å². The highest BCUT2D eigenvalue weighted by Crippen LogP contribution is 2.25. The number of rotatable bonds is 4. The van der Waals surface area contributed by atoms with E-state index in [2.05, 4.69) is 19.9 Å². The van der Waals surface area contributed by atoms with E-state index in [1.54, 1.807) is 24.4 Å². The molecule has 0 unspecified atom stereocenters. The highest BCUT2D eigenvalue weighted by atomic mass is 35.5. The van der Waals surface area contributed by atoms with Gasteiger partial charge in [0.05, 0.1) is 20.3 Å². The second kappa shape index (κ2) is 13.1. The number of aldehydes is 2. The lowest BCUT2D eigenvalue weighted by Crippen LogP contribution is -2.26. The lowest BCUT2D eigenvalue weighted by Gasteiger charge is -1.96. The van der Waals surface area contributed by atoms with Gasteiger partial charge in [0.25, 0.3) is 0 Å². The molecule has 0 spiro atoms. The number of hydrogen-bond donors (Lipinski definition) is 2. The Kier molecular flexibility index (Phi) is 10.5. The maximum Gasteiger partial charge on any atom is 0.499 e. The summed E-state index contributed by atoms with van der Waals surface area (Å²) in [5.74, 6) is 0.739. The van der Waals surface area contributed by atoms with Crippen LogP contribution in [0.4, 0.5) is 0 Å². The lowest BCUT2D eigenvalue weighted by molar-refractivity contribution is 0.111. The Bertz CT molecular complexity index is 1160. The Morgan fingerprint density at radius 3 is 2.00 bits per heavy atom. The molecule has 0 amide bonds. The Labute approximate surface area is 201 Å². The average Bonchev–Trinajstić information content (AvgIpc) is 3.44. The minimum absolute atomic E-state index is 0.178. The molecule has 0 aliphatic carbocycles.